The number of unbranched alkanes of at least 4 members (excludes halogenated alkanes) is 1. The highest BCUT2D eigenvalue weighted by molar-refractivity contribution is 5.80. The third-order valence-electron chi connectivity index (χ3n) is 6.00. The van der Waals surface area contributed by atoms with Crippen LogP contribution in [-0.2, 0) is 23.4 Å². The van der Waals surface area contributed by atoms with Crippen LogP contribution in [0, 0.1) is 12.8 Å². The fourth-order valence-corrected chi connectivity index (χ4v) is 4.39. The summed E-state index contributed by atoms with van der Waals surface area (Å²) in [5.41, 5.74) is -1.36. The summed E-state index contributed by atoms with van der Waals surface area (Å²) >= 11 is 0. The number of carboxylic acids is 1. The molecule has 2 atom stereocenters. The molecule has 3 rings (SSSR count). The summed E-state index contributed by atoms with van der Waals surface area (Å²) in [7, 11) is 0. The van der Waals surface area contributed by atoms with Crippen LogP contribution in [0.4, 0.5) is 8.78 Å². The van der Waals surface area contributed by atoms with E-state index in [1.807, 2.05) is 17.7 Å². The maximum Gasteiger partial charge on any atom is 0.340 e. The predicted molar refractivity (Wildman–Crippen MR) is 105 cm³/mol. The van der Waals surface area contributed by atoms with E-state index in [2.05, 4.69) is 4.98 Å². The molecule has 0 saturated heterocycles. The highest BCUT2D eigenvalue weighted by Crippen LogP contribution is 2.46. The van der Waals surface area contributed by atoms with Gasteiger partial charge in [-0.15, -0.1) is 0 Å². The number of hydrogen-bond acceptors (Lipinski definition) is 3. The van der Waals surface area contributed by atoms with Crippen molar-refractivity contribution in [3.8, 4) is 0 Å². The number of carbonyl (C=O) groups is 1. The molecule has 2 N–H and O–H groups in total. The summed E-state index contributed by atoms with van der Waals surface area (Å²) in [4.78, 5) is 16.3. The van der Waals surface area contributed by atoms with Crippen LogP contribution >= 0.6 is 0 Å². The van der Waals surface area contributed by atoms with Crippen LogP contribution in [0.25, 0.3) is 0 Å². The van der Waals surface area contributed by atoms with Crippen molar-refractivity contribution >= 4 is 5.97 Å². The van der Waals surface area contributed by atoms with Gasteiger partial charge in [-0.2, -0.15) is 0 Å². The summed E-state index contributed by atoms with van der Waals surface area (Å²) in [6, 6.07) is 6.79. The van der Waals surface area contributed by atoms with Gasteiger partial charge in [0.05, 0.1) is 0 Å². The maximum absolute atomic E-state index is 14.0. The van der Waals surface area contributed by atoms with Crippen molar-refractivity contribution in [1.29, 1.82) is 0 Å². The Kier molecular flexibility index (Phi) is 6.36. The number of nitrogens with zero attached hydrogens (tertiary/aromatic N) is 2. The number of benzene rings is 1. The average molecular weight is 406 g/mol. The normalized spacial score (nSPS) is 20.9. The highest BCUT2D eigenvalue weighted by atomic mass is 19.3. The van der Waals surface area contributed by atoms with Gasteiger partial charge in [-0.1, -0.05) is 24.3 Å². The Bertz CT molecular complexity index is 852. The van der Waals surface area contributed by atoms with Gasteiger partial charge in [0, 0.05) is 37.7 Å². The van der Waals surface area contributed by atoms with E-state index in [9.17, 15) is 23.8 Å². The molecule has 0 amide bonds. The van der Waals surface area contributed by atoms with Crippen LogP contribution in [0.1, 0.15) is 55.5 Å². The van der Waals surface area contributed by atoms with Crippen molar-refractivity contribution in [2.45, 2.75) is 69.9 Å². The standard InChI is InChI=1S/C22H28F2N2O3/c1-16-25-12-14-26(16)13-5-4-8-17-7-2-3-10-19(17)22(29,20(27)28)18-9-6-11-21(23,24)15-18/h2-3,7,10,12,14,18,29H,4-6,8-9,11,13,15H2,1H3,(H,27,28)/t18-,22-/m1/s1. The molecule has 158 valence electrons. The second-order valence-electron chi connectivity index (χ2n) is 8.00. The molecule has 1 aromatic heterocycles. The fourth-order valence-electron chi connectivity index (χ4n) is 4.39. The van der Waals surface area contributed by atoms with Gasteiger partial charge in [-0.05, 0) is 50.2 Å². The van der Waals surface area contributed by atoms with Crippen LogP contribution in [0.3, 0.4) is 0 Å². The Balaban J connectivity index is 1.77. The molecule has 0 radical (unpaired) electrons. The lowest BCUT2D eigenvalue weighted by Crippen LogP contribution is -2.47. The number of imidazole rings is 1. The molecule has 0 unspecified atom stereocenters. The monoisotopic (exact) mass is 406 g/mol. The lowest BCUT2D eigenvalue weighted by atomic mass is 9.71. The summed E-state index contributed by atoms with van der Waals surface area (Å²) in [6.07, 6.45) is 5.49. The Morgan fingerprint density at radius 3 is 2.76 bits per heavy atom. The number of carboxylic acid groups (broad SMARTS) is 1. The van der Waals surface area contributed by atoms with Gasteiger partial charge in [0.15, 0.2) is 5.60 Å². The topological polar surface area (TPSA) is 75.3 Å². The number of alkyl halides is 2. The number of aromatic nitrogens is 2. The third kappa shape index (κ3) is 4.66. The van der Waals surface area contributed by atoms with Gasteiger partial charge < -0.3 is 14.8 Å². The van der Waals surface area contributed by atoms with Gasteiger partial charge in [0.1, 0.15) is 5.82 Å². The number of hydrogen-bond donors (Lipinski definition) is 2. The number of aliphatic hydroxyl groups is 1. The van der Waals surface area contributed by atoms with Crippen LogP contribution in [0.15, 0.2) is 36.7 Å². The van der Waals surface area contributed by atoms with Gasteiger partial charge in [0.2, 0.25) is 5.92 Å². The molecule has 29 heavy (non-hydrogen) atoms. The zero-order chi connectivity index (χ0) is 21.1. The molecule has 0 spiro atoms. The lowest BCUT2D eigenvalue weighted by molar-refractivity contribution is -0.176. The minimum absolute atomic E-state index is 0.208. The van der Waals surface area contributed by atoms with Crippen molar-refractivity contribution in [1.82, 2.24) is 9.55 Å². The number of aliphatic carboxylic acids is 1. The molecule has 1 fully saturated rings. The first-order chi connectivity index (χ1) is 13.7. The van der Waals surface area contributed by atoms with E-state index in [1.54, 1.807) is 30.5 Å². The number of halogens is 2. The molecule has 0 bridgehead atoms. The first-order valence-electron chi connectivity index (χ1n) is 10.1. The Labute approximate surface area is 169 Å². The number of rotatable bonds is 8. The van der Waals surface area contributed by atoms with E-state index in [1.165, 1.54) is 0 Å². The van der Waals surface area contributed by atoms with Gasteiger partial charge >= 0.3 is 5.97 Å². The van der Waals surface area contributed by atoms with Crippen molar-refractivity contribution in [3.63, 3.8) is 0 Å². The lowest BCUT2D eigenvalue weighted by Gasteiger charge is -2.39. The zero-order valence-electron chi connectivity index (χ0n) is 16.7. The minimum atomic E-state index is -2.94. The molecule has 5 nitrogen and oxygen atoms in total. The Hall–Kier alpha value is -2.28. The second kappa shape index (κ2) is 8.61. The minimum Gasteiger partial charge on any atom is -0.479 e. The van der Waals surface area contributed by atoms with Crippen molar-refractivity contribution in [2.75, 3.05) is 0 Å². The molecule has 1 aromatic carbocycles. The smallest absolute Gasteiger partial charge is 0.340 e. The fraction of sp³-hybridized carbons (Fsp3) is 0.545. The van der Waals surface area contributed by atoms with Crippen LogP contribution in [0.5, 0.6) is 0 Å². The molecular weight excluding hydrogens is 378 g/mol. The van der Waals surface area contributed by atoms with Crippen LogP contribution in [-0.4, -0.2) is 31.7 Å². The zero-order valence-corrected chi connectivity index (χ0v) is 16.7. The predicted octanol–water partition coefficient (Wildman–Crippen LogP) is 4.31. The van der Waals surface area contributed by atoms with E-state index in [0.29, 0.717) is 12.0 Å². The third-order valence-corrected chi connectivity index (χ3v) is 6.00. The maximum atomic E-state index is 14.0. The van der Waals surface area contributed by atoms with Gasteiger partial charge in [-0.25, -0.2) is 18.6 Å². The van der Waals surface area contributed by atoms with Crippen molar-refractivity contribution in [3.05, 3.63) is 53.6 Å². The molecule has 7 heteroatoms. The SMILES string of the molecule is Cc1nccn1CCCCc1ccccc1[C@@](O)(C(=O)O)[C@@H]1CCCC(F)(F)C1. The quantitative estimate of drug-likeness (QED) is 0.641. The largest absolute Gasteiger partial charge is 0.479 e. The summed E-state index contributed by atoms with van der Waals surface area (Å²) in [5.74, 6) is -4.48. The summed E-state index contributed by atoms with van der Waals surface area (Å²) in [5, 5.41) is 21.1. The molecule has 1 heterocycles. The first-order valence-corrected chi connectivity index (χ1v) is 10.1. The van der Waals surface area contributed by atoms with Gasteiger partial charge in [0.25, 0.3) is 0 Å². The van der Waals surface area contributed by atoms with E-state index >= 15 is 0 Å². The molecule has 1 aliphatic carbocycles. The van der Waals surface area contributed by atoms with Gasteiger partial charge in [-0.3, -0.25) is 0 Å². The van der Waals surface area contributed by atoms with E-state index in [4.69, 9.17) is 0 Å². The van der Waals surface area contributed by atoms with Crippen LogP contribution in [0.2, 0.25) is 0 Å². The van der Waals surface area contributed by atoms with Crippen molar-refractivity contribution < 1.29 is 23.8 Å². The molecule has 1 aliphatic rings. The Morgan fingerprint density at radius 2 is 2.10 bits per heavy atom. The van der Waals surface area contributed by atoms with Crippen molar-refractivity contribution in [2.24, 2.45) is 5.92 Å². The highest BCUT2D eigenvalue weighted by Gasteiger charge is 2.52. The second-order valence-corrected chi connectivity index (χ2v) is 8.00. The number of aryl methyl sites for hydroxylation is 3. The van der Waals surface area contributed by atoms with E-state index in [-0.39, 0.29) is 24.8 Å². The molecule has 0 aliphatic heterocycles. The Morgan fingerprint density at radius 1 is 1.34 bits per heavy atom. The molecule has 1 saturated carbocycles. The average Bonchev–Trinajstić information content (AvgIpc) is 3.08. The molecule has 2 aromatic rings. The summed E-state index contributed by atoms with van der Waals surface area (Å²) in [6.45, 7) is 2.73. The molecular formula is C22H28F2N2O3. The van der Waals surface area contributed by atoms with Crippen LogP contribution < -0.4 is 0 Å². The first kappa shape index (κ1) is 21.4. The van der Waals surface area contributed by atoms with E-state index in [0.717, 1.165) is 25.2 Å². The van der Waals surface area contributed by atoms with E-state index < -0.39 is 29.8 Å². The summed E-state index contributed by atoms with van der Waals surface area (Å²) < 4.78 is 30.0.